The molecule has 30 heavy (non-hydrogen) atoms. The summed E-state index contributed by atoms with van der Waals surface area (Å²) >= 11 is 0. The van der Waals surface area contributed by atoms with Crippen molar-refractivity contribution in [1.29, 1.82) is 0 Å². The molecule has 0 saturated heterocycles. The van der Waals surface area contributed by atoms with E-state index in [4.69, 9.17) is 0 Å². The summed E-state index contributed by atoms with van der Waals surface area (Å²) in [7, 11) is 0. The summed E-state index contributed by atoms with van der Waals surface area (Å²) in [6, 6.07) is 17.9. The molecule has 0 saturated carbocycles. The van der Waals surface area contributed by atoms with Crippen LogP contribution in [0, 0.1) is 27.7 Å². The second-order valence-corrected chi connectivity index (χ2v) is 7.77. The lowest BCUT2D eigenvalue weighted by atomic mass is 10.1. The number of carbonyl (C=O) groups excluding carboxylic acids is 1. The second kappa shape index (κ2) is 9.55. The van der Waals surface area contributed by atoms with E-state index < -0.39 is 6.10 Å². The Kier molecular flexibility index (Phi) is 6.85. The van der Waals surface area contributed by atoms with E-state index in [1.165, 1.54) is 11.1 Å². The molecule has 0 aliphatic carbocycles. The predicted octanol–water partition coefficient (Wildman–Crippen LogP) is 4.67. The van der Waals surface area contributed by atoms with Crippen LogP contribution in [0.1, 0.15) is 52.6 Å². The van der Waals surface area contributed by atoms with Crippen molar-refractivity contribution in [3.8, 4) is 5.69 Å². The molecule has 0 bridgehead atoms. The van der Waals surface area contributed by atoms with E-state index in [-0.39, 0.29) is 12.3 Å². The number of nitrogens with one attached hydrogen (secondary N) is 1. The minimum Gasteiger partial charge on any atom is -0.388 e. The fourth-order valence-electron chi connectivity index (χ4n) is 3.73. The molecule has 3 aromatic rings. The van der Waals surface area contributed by atoms with Crippen molar-refractivity contribution in [2.75, 3.05) is 0 Å². The molecule has 1 heterocycles. The molecule has 5 heteroatoms. The highest BCUT2D eigenvalue weighted by atomic mass is 16.3. The first-order valence-electron chi connectivity index (χ1n) is 10.2. The number of benzene rings is 2. The van der Waals surface area contributed by atoms with Gasteiger partial charge in [-0.1, -0.05) is 36.4 Å². The summed E-state index contributed by atoms with van der Waals surface area (Å²) in [5.41, 5.74) is 10.1. The standard InChI is InChI=1S/C25H29N3O2/c1-17-12-18(2)14-23(13-17)28-19(3)15-22(20(28)4)16-26-27-25(30)11-10-24(29)21-8-6-5-7-9-21/h5-9,12-16,24,29H,10-11H2,1-4H3,(H,27,30)/b26-16-/t24-/m0/s1. The maximum atomic E-state index is 12.1. The van der Waals surface area contributed by atoms with Crippen LogP contribution in [0.3, 0.4) is 0 Å². The largest absolute Gasteiger partial charge is 0.388 e. The van der Waals surface area contributed by atoms with Crippen LogP contribution >= 0.6 is 0 Å². The molecule has 5 nitrogen and oxygen atoms in total. The van der Waals surface area contributed by atoms with Crippen LogP contribution in [0.2, 0.25) is 0 Å². The molecule has 0 fully saturated rings. The van der Waals surface area contributed by atoms with Crippen LogP contribution in [-0.4, -0.2) is 21.8 Å². The van der Waals surface area contributed by atoms with Gasteiger partial charge in [0.15, 0.2) is 0 Å². The number of hydrazone groups is 1. The molecule has 2 N–H and O–H groups in total. The van der Waals surface area contributed by atoms with E-state index in [1.54, 1.807) is 6.21 Å². The third-order valence-corrected chi connectivity index (χ3v) is 5.16. The Morgan fingerprint density at radius 3 is 2.40 bits per heavy atom. The number of aliphatic hydroxyl groups is 1. The van der Waals surface area contributed by atoms with Gasteiger partial charge >= 0.3 is 0 Å². The van der Waals surface area contributed by atoms with Crippen molar-refractivity contribution in [3.05, 3.63) is 88.2 Å². The van der Waals surface area contributed by atoms with Gasteiger partial charge in [-0.15, -0.1) is 0 Å². The SMILES string of the molecule is Cc1cc(C)cc(-n2c(C)cc(/C=N\NC(=O)CC[C@H](O)c3ccccc3)c2C)c1. The Morgan fingerprint density at radius 2 is 1.73 bits per heavy atom. The molecule has 2 aromatic carbocycles. The van der Waals surface area contributed by atoms with Crippen molar-refractivity contribution < 1.29 is 9.90 Å². The molecule has 0 spiro atoms. The van der Waals surface area contributed by atoms with Gasteiger partial charge in [0.2, 0.25) is 5.91 Å². The molecule has 1 aromatic heterocycles. The lowest BCUT2D eigenvalue weighted by Crippen LogP contribution is -2.18. The molecule has 0 unspecified atom stereocenters. The van der Waals surface area contributed by atoms with Crippen molar-refractivity contribution >= 4 is 12.1 Å². The number of aromatic nitrogens is 1. The van der Waals surface area contributed by atoms with Crippen molar-refractivity contribution in [2.45, 2.75) is 46.6 Å². The summed E-state index contributed by atoms with van der Waals surface area (Å²) in [6.07, 6.45) is 1.58. The molecule has 1 amide bonds. The molecule has 156 valence electrons. The van der Waals surface area contributed by atoms with Crippen LogP contribution in [-0.2, 0) is 4.79 Å². The Balaban J connectivity index is 1.62. The van der Waals surface area contributed by atoms with Gasteiger partial charge in [0.25, 0.3) is 0 Å². The topological polar surface area (TPSA) is 66.6 Å². The number of aryl methyl sites for hydroxylation is 3. The zero-order chi connectivity index (χ0) is 21.7. The van der Waals surface area contributed by atoms with E-state index in [1.807, 2.05) is 37.3 Å². The Morgan fingerprint density at radius 1 is 1.07 bits per heavy atom. The Bertz CT molecular complexity index is 1030. The Hall–Kier alpha value is -3.18. The van der Waals surface area contributed by atoms with E-state index >= 15 is 0 Å². The highest BCUT2D eigenvalue weighted by molar-refractivity contribution is 5.84. The number of amides is 1. The average molecular weight is 404 g/mol. The van der Waals surface area contributed by atoms with E-state index in [0.717, 1.165) is 28.2 Å². The molecule has 0 radical (unpaired) electrons. The summed E-state index contributed by atoms with van der Waals surface area (Å²) in [4.78, 5) is 12.1. The van der Waals surface area contributed by atoms with Gasteiger partial charge in [0.05, 0.1) is 12.3 Å². The van der Waals surface area contributed by atoms with Crippen LogP contribution in [0.5, 0.6) is 0 Å². The molecule has 0 aliphatic heterocycles. The van der Waals surface area contributed by atoms with Gasteiger partial charge in [0.1, 0.15) is 0 Å². The smallest absolute Gasteiger partial charge is 0.240 e. The van der Waals surface area contributed by atoms with Gasteiger partial charge in [0, 0.05) is 29.1 Å². The van der Waals surface area contributed by atoms with Gasteiger partial charge < -0.3 is 9.67 Å². The number of aliphatic hydroxyl groups excluding tert-OH is 1. The Labute approximate surface area is 178 Å². The monoisotopic (exact) mass is 403 g/mol. The number of rotatable bonds is 7. The normalized spacial score (nSPS) is 12.3. The third kappa shape index (κ3) is 5.24. The van der Waals surface area contributed by atoms with Gasteiger partial charge in [-0.3, -0.25) is 4.79 Å². The summed E-state index contributed by atoms with van der Waals surface area (Å²) < 4.78 is 2.19. The third-order valence-electron chi connectivity index (χ3n) is 5.16. The maximum absolute atomic E-state index is 12.1. The lowest BCUT2D eigenvalue weighted by molar-refractivity contribution is -0.121. The first kappa shape index (κ1) is 21.5. The second-order valence-electron chi connectivity index (χ2n) is 7.77. The number of hydrogen-bond acceptors (Lipinski definition) is 3. The van der Waals surface area contributed by atoms with Gasteiger partial charge in [-0.25, -0.2) is 5.43 Å². The van der Waals surface area contributed by atoms with Crippen LogP contribution in [0.15, 0.2) is 59.7 Å². The van der Waals surface area contributed by atoms with E-state index in [9.17, 15) is 9.90 Å². The number of carbonyl (C=O) groups is 1. The van der Waals surface area contributed by atoms with Crippen LogP contribution < -0.4 is 5.43 Å². The van der Waals surface area contributed by atoms with Crippen molar-refractivity contribution in [3.63, 3.8) is 0 Å². The van der Waals surface area contributed by atoms with Crippen LogP contribution in [0.4, 0.5) is 0 Å². The minimum absolute atomic E-state index is 0.203. The quantitative estimate of drug-likeness (QED) is 0.444. The molecule has 0 aliphatic rings. The molecule has 3 rings (SSSR count). The summed E-state index contributed by atoms with van der Waals surface area (Å²) in [6.45, 7) is 8.30. The molecular weight excluding hydrogens is 374 g/mol. The average Bonchev–Trinajstić information content (AvgIpc) is 2.99. The lowest BCUT2D eigenvalue weighted by Gasteiger charge is -2.11. The summed E-state index contributed by atoms with van der Waals surface area (Å²) in [5.74, 6) is -0.218. The highest BCUT2D eigenvalue weighted by Gasteiger charge is 2.11. The first-order chi connectivity index (χ1) is 14.3. The van der Waals surface area contributed by atoms with Crippen molar-refractivity contribution in [1.82, 2.24) is 9.99 Å². The molecule has 1 atom stereocenters. The zero-order valence-corrected chi connectivity index (χ0v) is 18.0. The molecular formula is C25H29N3O2. The van der Waals surface area contributed by atoms with Gasteiger partial charge in [-0.2, -0.15) is 5.10 Å². The van der Waals surface area contributed by atoms with Crippen molar-refractivity contribution in [2.24, 2.45) is 5.10 Å². The maximum Gasteiger partial charge on any atom is 0.240 e. The zero-order valence-electron chi connectivity index (χ0n) is 18.0. The fraction of sp³-hybridized carbons (Fsp3) is 0.280. The van der Waals surface area contributed by atoms with E-state index in [0.29, 0.717) is 6.42 Å². The first-order valence-corrected chi connectivity index (χ1v) is 10.2. The predicted molar refractivity (Wildman–Crippen MR) is 121 cm³/mol. The van der Waals surface area contributed by atoms with Gasteiger partial charge in [-0.05, 0) is 69.0 Å². The fourth-order valence-corrected chi connectivity index (χ4v) is 3.73. The number of hydrogen-bond donors (Lipinski definition) is 2. The summed E-state index contributed by atoms with van der Waals surface area (Å²) in [5, 5.41) is 14.3. The van der Waals surface area contributed by atoms with E-state index in [2.05, 4.69) is 60.1 Å². The minimum atomic E-state index is -0.655. The highest BCUT2D eigenvalue weighted by Crippen LogP contribution is 2.22. The van der Waals surface area contributed by atoms with Crippen LogP contribution in [0.25, 0.3) is 5.69 Å². The number of nitrogens with zero attached hydrogens (tertiary/aromatic N) is 2.